The second-order valence-electron chi connectivity index (χ2n) is 5.74. The van der Waals surface area contributed by atoms with E-state index in [2.05, 4.69) is 37.6 Å². The van der Waals surface area contributed by atoms with Gasteiger partial charge in [0, 0.05) is 17.2 Å². The normalized spacial score (nSPS) is 8.71. The number of ether oxygens (including phenoxy) is 1. The van der Waals surface area contributed by atoms with Gasteiger partial charge in [0.05, 0.1) is 6.61 Å². The molecule has 0 amide bonds. The van der Waals surface area contributed by atoms with Crippen LogP contribution in [0.25, 0.3) is 6.08 Å². The monoisotopic (exact) mass is 430 g/mol. The Balaban J connectivity index is -0.000000398. The van der Waals surface area contributed by atoms with Crippen LogP contribution in [0.2, 0.25) is 0 Å². The van der Waals surface area contributed by atoms with E-state index in [1.165, 1.54) is 13.0 Å². The maximum Gasteiger partial charge on any atom is 0.331 e. The summed E-state index contributed by atoms with van der Waals surface area (Å²) < 4.78 is 4.67. The van der Waals surface area contributed by atoms with Crippen molar-refractivity contribution in [2.45, 2.75) is 33.1 Å². The van der Waals surface area contributed by atoms with Gasteiger partial charge in [0.1, 0.15) is 0 Å². The Labute approximate surface area is 185 Å². The molecule has 0 aliphatic heterocycles. The summed E-state index contributed by atoms with van der Waals surface area (Å²) in [7, 11) is 0. The van der Waals surface area contributed by atoms with E-state index >= 15 is 0 Å². The van der Waals surface area contributed by atoms with E-state index in [0.29, 0.717) is 13.0 Å². The van der Waals surface area contributed by atoms with E-state index in [4.69, 9.17) is 10.2 Å². The number of esters is 1. The molecule has 0 saturated carbocycles. The first-order valence-electron chi connectivity index (χ1n) is 9.46. The van der Waals surface area contributed by atoms with Crippen LogP contribution in [0.4, 0.5) is 0 Å². The second-order valence-corrected chi connectivity index (χ2v) is 5.74. The van der Waals surface area contributed by atoms with E-state index in [1.54, 1.807) is 6.08 Å². The van der Waals surface area contributed by atoms with Gasteiger partial charge in [-0.3, -0.25) is 0 Å². The number of carboxylic acids is 2. The van der Waals surface area contributed by atoms with Crippen molar-refractivity contribution >= 4 is 24.0 Å². The molecule has 0 aromatic heterocycles. The molecule has 0 unspecified atom stereocenters. The Morgan fingerprint density at radius 1 is 1.03 bits per heavy atom. The van der Waals surface area contributed by atoms with Crippen LogP contribution in [0, 0.1) is 0 Å². The third-order valence-corrected chi connectivity index (χ3v) is 3.05. The van der Waals surface area contributed by atoms with Crippen LogP contribution in [0.5, 0.6) is 0 Å². The molecule has 0 aliphatic rings. The number of carbonyl (C=O) groups is 3. The van der Waals surface area contributed by atoms with Gasteiger partial charge in [-0.1, -0.05) is 75.6 Å². The molecule has 1 aromatic rings. The number of rotatable bonds is 9. The second kappa shape index (κ2) is 22.6. The van der Waals surface area contributed by atoms with E-state index in [0.717, 1.165) is 18.4 Å². The molecule has 0 radical (unpaired) electrons. The number of hydrogen-bond donors (Lipinski definition) is 2. The summed E-state index contributed by atoms with van der Waals surface area (Å²) >= 11 is 0. The molecule has 0 saturated heterocycles. The van der Waals surface area contributed by atoms with Crippen LogP contribution in [-0.4, -0.2) is 34.7 Å². The standard InChI is InChI=1S/C12H12O2.C7H12O2.C4H6O2.C2H4/c1-10(12(13)14)6-5-9-11-7-3-2-4-8-11;1-3-5-6-9-7(8)4-2;1-3(2)4(5)6;1-2/h2-5,7-9H,1,6H2,(H,13,14);4H,2-3,5-6H2,1H3;1H2,2H3,(H,5,6);1-2H2. The SMILES string of the molecule is C=C.C=C(C)C(=O)O.C=C(CC=Cc1ccccc1)C(=O)O.C=CC(=O)OCCCC. The number of carbonyl (C=O) groups excluding carboxylic acids is 1. The number of benzene rings is 1. The molecule has 6 heteroatoms. The average molecular weight is 431 g/mol. The van der Waals surface area contributed by atoms with Crippen LogP contribution >= 0.6 is 0 Å². The number of hydrogen-bond acceptors (Lipinski definition) is 4. The van der Waals surface area contributed by atoms with Crippen molar-refractivity contribution in [3.8, 4) is 0 Å². The van der Waals surface area contributed by atoms with Crippen LogP contribution in [0.3, 0.4) is 0 Å². The first kappa shape index (κ1) is 32.0. The molecular formula is C25H34O6. The van der Waals surface area contributed by atoms with Crippen molar-refractivity contribution < 1.29 is 29.3 Å². The van der Waals surface area contributed by atoms with E-state index in [-0.39, 0.29) is 17.1 Å². The molecule has 0 bridgehead atoms. The zero-order valence-corrected chi connectivity index (χ0v) is 18.5. The van der Waals surface area contributed by atoms with Gasteiger partial charge in [-0.05, 0) is 25.3 Å². The molecule has 1 aromatic carbocycles. The van der Waals surface area contributed by atoms with Gasteiger partial charge < -0.3 is 14.9 Å². The lowest BCUT2D eigenvalue weighted by Crippen LogP contribution is -2.00. The molecule has 0 atom stereocenters. The quantitative estimate of drug-likeness (QED) is 0.226. The molecule has 0 spiro atoms. The van der Waals surface area contributed by atoms with Crippen molar-refractivity contribution in [2.75, 3.05) is 6.61 Å². The zero-order valence-electron chi connectivity index (χ0n) is 18.5. The molecule has 31 heavy (non-hydrogen) atoms. The summed E-state index contributed by atoms with van der Waals surface area (Å²) in [4.78, 5) is 30.4. The highest BCUT2D eigenvalue weighted by atomic mass is 16.5. The van der Waals surface area contributed by atoms with Crippen molar-refractivity contribution in [1.82, 2.24) is 0 Å². The summed E-state index contributed by atoms with van der Waals surface area (Å²) in [6, 6.07) is 9.73. The van der Waals surface area contributed by atoms with E-state index < -0.39 is 11.9 Å². The van der Waals surface area contributed by atoms with Crippen molar-refractivity contribution in [3.63, 3.8) is 0 Å². The highest BCUT2D eigenvalue weighted by Crippen LogP contribution is 2.05. The first-order chi connectivity index (χ1) is 14.6. The van der Waals surface area contributed by atoms with Crippen LogP contribution < -0.4 is 0 Å². The molecule has 2 N–H and O–H groups in total. The van der Waals surface area contributed by atoms with Crippen molar-refractivity contribution in [3.05, 3.63) is 92.1 Å². The largest absolute Gasteiger partial charge is 0.478 e. The minimum atomic E-state index is -0.942. The number of aliphatic carboxylic acids is 2. The summed E-state index contributed by atoms with van der Waals surface area (Å²) in [5, 5.41) is 16.4. The fraction of sp³-hybridized carbons (Fsp3) is 0.240. The molecule has 1 rings (SSSR count). The summed E-state index contributed by atoms with van der Waals surface area (Å²) in [6.45, 7) is 19.9. The van der Waals surface area contributed by atoms with Crippen molar-refractivity contribution in [1.29, 1.82) is 0 Å². The Kier molecular flexibility index (Phi) is 23.4. The van der Waals surface area contributed by atoms with Gasteiger partial charge in [0.2, 0.25) is 0 Å². The molecule has 170 valence electrons. The molecule has 0 heterocycles. The fourth-order valence-corrected chi connectivity index (χ4v) is 1.36. The third-order valence-electron chi connectivity index (χ3n) is 3.05. The van der Waals surface area contributed by atoms with Gasteiger partial charge in [-0.2, -0.15) is 0 Å². The Bertz CT molecular complexity index is 705. The minimum absolute atomic E-state index is 0.176. The predicted molar refractivity (Wildman–Crippen MR) is 127 cm³/mol. The highest BCUT2D eigenvalue weighted by Gasteiger charge is 1.99. The molecule has 0 aliphatic carbocycles. The summed E-state index contributed by atoms with van der Waals surface area (Å²) in [5.74, 6) is -2.21. The smallest absolute Gasteiger partial charge is 0.331 e. The lowest BCUT2D eigenvalue weighted by Gasteiger charge is -1.97. The molecule has 0 fully saturated rings. The van der Waals surface area contributed by atoms with Gasteiger partial charge in [-0.25, -0.2) is 14.4 Å². The van der Waals surface area contributed by atoms with E-state index in [1.807, 2.05) is 43.3 Å². The number of unbranched alkanes of at least 4 members (excludes halogenated alkanes) is 1. The zero-order chi connectivity index (χ0) is 24.7. The fourth-order valence-electron chi connectivity index (χ4n) is 1.36. The topological polar surface area (TPSA) is 101 Å². The first-order valence-corrected chi connectivity index (χ1v) is 9.46. The Morgan fingerprint density at radius 2 is 1.55 bits per heavy atom. The van der Waals surface area contributed by atoms with Gasteiger partial charge in [0.25, 0.3) is 0 Å². The molecule has 6 nitrogen and oxygen atoms in total. The maximum absolute atomic E-state index is 10.4. The predicted octanol–water partition coefficient (Wildman–Crippen LogP) is 5.70. The lowest BCUT2D eigenvalue weighted by atomic mass is 10.1. The van der Waals surface area contributed by atoms with E-state index in [9.17, 15) is 14.4 Å². The third kappa shape index (κ3) is 24.3. The van der Waals surface area contributed by atoms with Crippen LogP contribution in [0.1, 0.15) is 38.7 Å². The minimum Gasteiger partial charge on any atom is -0.478 e. The number of allylic oxidation sites excluding steroid dienone is 1. The van der Waals surface area contributed by atoms with Crippen molar-refractivity contribution in [2.24, 2.45) is 0 Å². The summed E-state index contributed by atoms with van der Waals surface area (Å²) in [5.41, 5.74) is 1.44. The molecular weight excluding hydrogens is 396 g/mol. The van der Waals surface area contributed by atoms with Gasteiger partial charge in [-0.15, -0.1) is 13.2 Å². The Morgan fingerprint density at radius 3 is 1.94 bits per heavy atom. The van der Waals surface area contributed by atoms with Crippen LogP contribution in [0.15, 0.2) is 86.5 Å². The van der Waals surface area contributed by atoms with Gasteiger partial charge in [0.15, 0.2) is 0 Å². The highest BCUT2D eigenvalue weighted by molar-refractivity contribution is 5.86. The van der Waals surface area contributed by atoms with Crippen LogP contribution in [-0.2, 0) is 19.1 Å². The summed E-state index contributed by atoms with van der Waals surface area (Å²) in [6.07, 6.45) is 7.21. The number of carboxylic acid groups (broad SMARTS) is 2. The Hall–Kier alpha value is -3.67. The maximum atomic E-state index is 10.4. The lowest BCUT2D eigenvalue weighted by molar-refractivity contribution is -0.138. The van der Waals surface area contributed by atoms with Gasteiger partial charge >= 0.3 is 17.9 Å². The average Bonchev–Trinajstić information content (AvgIpc) is 2.76.